The summed E-state index contributed by atoms with van der Waals surface area (Å²) in [5.74, 6) is 0.602. The quantitative estimate of drug-likeness (QED) is 0.0989. The van der Waals surface area contributed by atoms with Gasteiger partial charge >= 0.3 is 0 Å². The van der Waals surface area contributed by atoms with Crippen molar-refractivity contribution in [3.8, 4) is 34.5 Å². The van der Waals surface area contributed by atoms with Crippen LogP contribution in [0, 0.1) is 0 Å². The Labute approximate surface area is 239 Å². The molecule has 0 aliphatic carbocycles. The monoisotopic (exact) mass is 558 g/mol. The van der Waals surface area contributed by atoms with E-state index in [1.165, 1.54) is 32.4 Å². The third-order valence-corrected chi connectivity index (χ3v) is 6.21. The Kier molecular flexibility index (Phi) is 10.6. The largest absolute Gasteiger partial charge is 0.508 e. The Morgan fingerprint density at radius 1 is 0.756 bits per heavy atom. The Morgan fingerprint density at radius 3 is 2.07 bits per heavy atom. The summed E-state index contributed by atoms with van der Waals surface area (Å²) in [5, 5.41) is 31.1. The van der Waals surface area contributed by atoms with E-state index in [-0.39, 0.29) is 34.7 Å². The van der Waals surface area contributed by atoms with Gasteiger partial charge in [-0.1, -0.05) is 36.4 Å². The number of carbonyl (C=O) groups is 1. The van der Waals surface area contributed by atoms with Crippen LogP contribution in [-0.2, 0) is 4.79 Å². The van der Waals surface area contributed by atoms with Crippen LogP contribution in [0.5, 0.6) is 34.5 Å². The van der Waals surface area contributed by atoms with Gasteiger partial charge < -0.3 is 34.3 Å². The normalized spacial score (nSPS) is 12.7. The van der Waals surface area contributed by atoms with Crippen molar-refractivity contribution in [3.63, 3.8) is 0 Å². The molecule has 41 heavy (non-hydrogen) atoms. The fourth-order valence-electron chi connectivity index (χ4n) is 4.17. The van der Waals surface area contributed by atoms with Crippen molar-refractivity contribution >= 4 is 17.9 Å². The molecule has 0 saturated heterocycles. The van der Waals surface area contributed by atoms with Crippen LogP contribution >= 0.6 is 0 Å². The summed E-state index contributed by atoms with van der Waals surface area (Å²) in [4.78, 5) is 12.4. The molecule has 3 aromatic carbocycles. The van der Waals surface area contributed by atoms with Gasteiger partial charge in [-0.05, 0) is 72.2 Å². The minimum absolute atomic E-state index is 0.00608. The lowest BCUT2D eigenvalue weighted by Gasteiger charge is -2.19. The van der Waals surface area contributed by atoms with E-state index in [2.05, 4.69) is 0 Å². The Hall–Kier alpha value is -5.11. The van der Waals surface area contributed by atoms with Gasteiger partial charge in [-0.15, -0.1) is 0 Å². The van der Waals surface area contributed by atoms with Crippen LogP contribution in [0.4, 0.5) is 0 Å². The number of hydrogen-bond donors (Lipinski definition) is 3. The minimum Gasteiger partial charge on any atom is -0.508 e. The lowest BCUT2D eigenvalue weighted by Crippen LogP contribution is -2.02. The molecule has 0 aliphatic rings. The van der Waals surface area contributed by atoms with Crippen LogP contribution in [0.15, 0.2) is 84.7 Å². The summed E-state index contributed by atoms with van der Waals surface area (Å²) in [7, 11) is 6.02. The van der Waals surface area contributed by atoms with E-state index in [9.17, 15) is 20.1 Å². The van der Waals surface area contributed by atoms with Crippen LogP contribution in [0.25, 0.3) is 12.2 Å². The lowest BCUT2D eigenvalue weighted by atomic mass is 9.88. The molecule has 8 nitrogen and oxygen atoms in total. The molecule has 0 spiro atoms. The summed E-state index contributed by atoms with van der Waals surface area (Å²) in [6.45, 7) is 1.89. The first-order valence-electron chi connectivity index (χ1n) is 12.7. The molecule has 8 heteroatoms. The SMILES string of the molecule is C/C=C/C(c1ccc(OC)c(OC)c1)c1cc(/C=C/C(O)=C/C(=O)/C=C/c2ccc(O)c(OC)c2)cc(OC)c1O. The van der Waals surface area contributed by atoms with Crippen molar-refractivity contribution in [1.82, 2.24) is 0 Å². The highest BCUT2D eigenvalue weighted by atomic mass is 16.5. The Morgan fingerprint density at radius 2 is 1.41 bits per heavy atom. The summed E-state index contributed by atoms with van der Waals surface area (Å²) in [6, 6.07) is 13.6. The van der Waals surface area contributed by atoms with E-state index < -0.39 is 5.78 Å². The molecule has 3 rings (SSSR count). The fraction of sp³-hybridized carbons (Fsp3) is 0.182. The van der Waals surface area contributed by atoms with Gasteiger partial charge in [0.2, 0.25) is 0 Å². The number of methoxy groups -OCH3 is 4. The molecule has 0 aromatic heterocycles. The Bertz CT molecular complexity index is 1500. The van der Waals surface area contributed by atoms with Gasteiger partial charge in [0.1, 0.15) is 5.76 Å². The number of phenols is 2. The number of ether oxygens (including phenoxy) is 4. The van der Waals surface area contributed by atoms with Crippen molar-refractivity contribution in [3.05, 3.63) is 107 Å². The molecule has 0 radical (unpaired) electrons. The molecule has 0 aliphatic heterocycles. The second-order valence-corrected chi connectivity index (χ2v) is 8.85. The molecule has 0 heterocycles. The molecule has 0 fully saturated rings. The topological polar surface area (TPSA) is 115 Å². The summed E-state index contributed by atoms with van der Waals surface area (Å²) < 4.78 is 21.3. The van der Waals surface area contributed by atoms with Crippen LogP contribution in [0.3, 0.4) is 0 Å². The van der Waals surface area contributed by atoms with E-state index in [1.54, 1.807) is 56.7 Å². The second kappa shape index (κ2) is 14.3. The molecule has 3 aromatic rings. The third kappa shape index (κ3) is 7.73. The van der Waals surface area contributed by atoms with Crippen molar-refractivity contribution in [2.24, 2.45) is 0 Å². The maximum Gasteiger partial charge on any atom is 0.182 e. The van der Waals surface area contributed by atoms with Gasteiger partial charge in [0.05, 0.1) is 28.4 Å². The molecular formula is C33H34O8. The number of hydrogen-bond acceptors (Lipinski definition) is 8. The first kappa shape index (κ1) is 30.4. The number of aromatic hydroxyl groups is 2. The van der Waals surface area contributed by atoms with Crippen LogP contribution in [0.1, 0.15) is 35.1 Å². The number of aliphatic hydroxyl groups excluding tert-OH is 1. The lowest BCUT2D eigenvalue weighted by molar-refractivity contribution is -0.110. The fourth-order valence-corrected chi connectivity index (χ4v) is 4.17. The van der Waals surface area contributed by atoms with E-state index in [0.29, 0.717) is 28.2 Å². The van der Waals surface area contributed by atoms with Crippen molar-refractivity contribution in [2.45, 2.75) is 12.8 Å². The van der Waals surface area contributed by atoms with Crippen molar-refractivity contribution in [2.75, 3.05) is 28.4 Å². The molecule has 1 atom stereocenters. The number of ketones is 1. The zero-order chi connectivity index (χ0) is 29.9. The molecule has 1 unspecified atom stereocenters. The number of benzene rings is 3. The van der Waals surface area contributed by atoms with Gasteiger partial charge in [-0.3, -0.25) is 4.79 Å². The number of allylic oxidation sites excluding steroid dienone is 5. The highest BCUT2D eigenvalue weighted by Crippen LogP contribution is 2.41. The number of rotatable bonds is 12. The van der Waals surface area contributed by atoms with Crippen molar-refractivity contribution < 1.29 is 39.1 Å². The van der Waals surface area contributed by atoms with Crippen molar-refractivity contribution in [1.29, 1.82) is 0 Å². The maximum absolute atomic E-state index is 12.4. The molecule has 0 bridgehead atoms. The molecule has 3 N–H and O–H groups in total. The highest BCUT2D eigenvalue weighted by Gasteiger charge is 2.20. The van der Waals surface area contributed by atoms with Gasteiger partial charge in [0.25, 0.3) is 0 Å². The van der Waals surface area contributed by atoms with Gasteiger partial charge in [-0.25, -0.2) is 0 Å². The van der Waals surface area contributed by atoms with Gasteiger partial charge in [-0.2, -0.15) is 0 Å². The first-order chi connectivity index (χ1) is 19.7. The molecular weight excluding hydrogens is 524 g/mol. The highest BCUT2D eigenvalue weighted by molar-refractivity contribution is 6.02. The molecule has 0 saturated carbocycles. The summed E-state index contributed by atoms with van der Waals surface area (Å²) in [6.07, 6.45) is 10.7. The minimum atomic E-state index is -0.440. The molecule has 0 amide bonds. The average Bonchev–Trinajstić information content (AvgIpc) is 2.98. The van der Waals surface area contributed by atoms with E-state index in [4.69, 9.17) is 18.9 Å². The van der Waals surface area contributed by atoms with E-state index in [0.717, 1.165) is 11.6 Å². The predicted octanol–water partition coefficient (Wildman–Crippen LogP) is 6.58. The zero-order valence-corrected chi connectivity index (χ0v) is 23.6. The number of carbonyl (C=O) groups excluding carboxylic acids is 1. The Balaban J connectivity index is 1.90. The number of phenolic OH excluding ortho intramolecular Hbond substituents is 2. The van der Waals surface area contributed by atoms with Gasteiger partial charge in [0.15, 0.2) is 40.3 Å². The predicted molar refractivity (Wildman–Crippen MR) is 159 cm³/mol. The zero-order valence-electron chi connectivity index (χ0n) is 23.6. The van der Waals surface area contributed by atoms with E-state index >= 15 is 0 Å². The third-order valence-electron chi connectivity index (χ3n) is 6.21. The van der Waals surface area contributed by atoms with Crippen LogP contribution in [0.2, 0.25) is 0 Å². The average molecular weight is 559 g/mol. The smallest absolute Gasteiger partial charge is 0.182 e. The second-order valence-electron chi connectivity index (χ2n) is 8.85. The maximum atomic E-state index is 12.4. The molecule has 214 valence electrons. The van der Waals surface area contributed by atoms with Gasteiger partial charge in [0, 0.05) is 17.6 Å². The van der Waals surface area contributed by atoms with E-state index in [1.807, 2.05) is 31.2 Å². The first-order valence-corrected chi connectivity index (χ1v) is 12.7. The number of aliphatic hydroxyl groups is 1. The summed E-state index contributed by atoms with van der Waals surface area (Å²) in [5.41, 5.74) is 2.70. The standard InChI is InChI=1S/C33H34O8/c1-6-7-26(23-11-15-29(38-2)31(19-23)40-4)27-16-22(18-32(41-5)33(27)37)9-13-25(35)20-24(34)12-8-21-10-14-28(36)30(17-21)39-3/h6-20,26,35-37H,1-5H3/b7-6+,12-8+,13-9+,25-20-. The summed E-state index contributed by atoms with van der Waals surface area (Å²) >= 11 is 0. The van der Waals surface area contributed by atoms with Crippen LogP contribution < -0.4 is 18.9 Å². The van der Waals surface area contributed by atoms with Crippen LogP contribution in [-0.4, -0.2) is 49.5 Å².